The van der Waals surface area contributed by atoms with Gasteiger partial charge in [-0.15, -0.1) is 10.2 Å². The highest BCUT2D eigenvalue weighted by Gasteiger charge is 2.22. The molecule has 0 saturated carbocycles. The second kappa shape index (κ2) is 12.9. The Morgan fingerprint density at radius 3 is 2.49 bits per heavy atom. The van der Waals surface area contributed by atoms with Crippen LogP contribution < -0.4 is 16.0 Å². The van der Waals surface area contributed by atoms with Gasteiger partial charge in [0.2, 0.25) is 16.9 Å². The first-order valence-corrected chi connectivity index (χ1v) is 12.9. The summed E-state index contributed by atoms with van der Waals surface area (Å²) in [6.45, 7) is 0.860. The number of piperidine rings is 1. The molecule has 2 amide bonds. The third-order valence-corrected chi connectivity index (χ3v) is 6.76. The summed E-state index contributed by atoms with van der Waals surface area (Å²) in [7, 11) is 0. The van der Waals surface area contributed by atoms with Gasteiger partial charge in [-0.2, -0.15) is 0 Å². The van der Waals surface area contributed by atoms with Gasteiger partial charge in [-0.25, -0.2) is 0 Å². The number of nitrogens with one attached hydrogen (secondary N) is 3. The van der Waals surface area contributed by atoms with Crippen molar-refractivity contribution < 1.29 is 9.59 Å². The van der Waals surface area contributed by atoms with Gasteiger partial charge in [0.15, 0.2) is 0 Å². The maximum atomic E-state index is 12.8. The Hall–Kier alpha value is -3.36. The molecular weight excluding hydrogens is 458 g/mol. The number of aryl methyl sites for hydroxylation is 1. The first kappa shape index (κ1) is 24.8. The molecule has 2 aromatic carbocycles. The van der Waals surface area contributed by atoms with Crippen molar-refractivity contribution in [1.29, 1.82) is 0 Å². The summed E-state index contributed by atoms with van der Waals surface area (Å²) in [5.74, 6) is -0.301. The molecule has 8 heteroatoms. The predicted octanol–water partition coefficient (Wildman–Crippen LogP) is 3.88. The van der Waals surface area contributed by atoms with Crippen molar-refractivity contribution in [2.24, 2.45) is 0 Å². The molecule has 2 atom stereocenters. The summed E-state index contributed by atoms with van der Waals surface area (Å²) in [6, 6.07) is 19.7. The molecule has 0 spiro atoms. The van der Waals surface area contributed by atoms with Crippen molar-refractivity contribution in [3.8, 4) is 0 Å². The van der Waals surface area contributed by atoms with E-state index in [2.05, 4.69) is 38.3 Å². The Morgan fingerprint density at radius 2 is 1.77 bits per heavy atom. The normalized spacial score (nSPS) is 16.6. The average Bonchev–Trinajstić information content (AvgIpc) is 3.33. The number of aromatic nitrogens is 2. The van der Waals surface area contributed by atoms with Gasteiger partial charge in [-0.3, -0.25) is 14.9 Å². The zero-order valence-corrected chi connectivity index (χ0v) is 20.5. The van der Waals surface area contributed by atoms with E-state index in [0.717, 1.165) is 42.8 Å². The van der Waals surface area contributed by atoms with E-state index in [-0.39, 0.29) is 23.9 Å². The van der Waals surface area contributed by atoms with Gasteiger partial charge in [-0.05, 0) is 43.4 Å². The van der Waals surface area contributed by atoms with Crippen LogP contribution in [-0.4, -0.2) is 40.6 Å². The number of hydrogen-bond donors (Lipinski definition) is 3. The molecule has 3 N–H and O–H groups in total. The van der Waals surface area contributed by atoms with Crippen LogP contribution in [0.3, 0.4) is 0 Å². The average molecular weight is 490 g/mol. The number of amides is 2. The maximum absolute atomic E-state index is 12.8. The van der Waals surface area contributed by atoms with Crippen molar-refractivity contribution in [3.63, 3.8) is 0 Å². The van der Waals surface area contributed by atoms with Gasteiger partial charge >= 0.3 is 0 Å². The Morgan fingerprint density at radius 1 is 1.03 bits per heavy atom. The zero-order valence-electron chi connectivity index (χ0n) is 19.7. The molecule has 1 aromatic heterocycles. The van der Waals surface area contributed by atoms with E-state index in [1.807, 2.05) is 48.5 Å². The molecule has 0 radical (unpaired) electrons. The van der Waals surface area contributed by atoms with Crippen molar-refractivity contribution >= 4 is 28.3 Å². The molecule has 7 nitrogen and oxygen atoms in total. The molecule has 0 unspecified atom stereocenters. The predicted molar refractivity (Wildman–Crippen MR) is 139 cm³/mol. The van der Waals surface area contributed by atoms with Crippen molar-refractivity contribution in [3.05, 3.63) is 89.0 Å². The number of carbonyl (C=O) groups is 2. The van der Waals surface area contributed by atoms with Crippen molar-refractivity contribution in [2.45, 2.75) is 50.6 Å². The first-order valence-electron chi connectivity index (χ1n) is 12.1. The third kappa shape index (κ3) is 8.12. The van der Waals surface area contributed by atoms with Crippen LogP contribution in [0.5, 0.6) is 0 Å². The zero-order chi connectivity index (χ0) is 24.3. The van der Waals surface area contributed by atoms with E-state index in [1.165, 1.54) is 23.0 Å². The number of rotatable bonds is 10. The van der Waals surface area contributed by atoms with Crippen LogP contribution in [0.4, 0.5) is 5.13 Å². The molecule has 35 heavy (non-hydrogen) atoms. The largest absolute Gasteiger partial charge is 0.349 e. The number of carbonyl (C=O) groups excluding carboxylic acids is 2. The van der Waals surface area contributed by atoms with E-state index >= 15 is 0 Å². The van der Waals surface area contributed by atoms with Gasteiger partial charge in [0, 0.05) is 18.5 Å². The number of hydrogen-bond acceptors (Lipinski definition) is 6. The molecule has 0 bridgehead atoms. The van der Waals surface area contributed by atoms with Crippen LogP contribution in [0.2, 0.25) is 0 Å². The van der Waals surface area contributed by atoms with E-state index in [1.54, 1.807) is 6.08 Å². The fourth-order valence-corrected chi connectivity index (χ4v) is 4.82. The quantitative estimate of drug-likeness (QED) is 0.376. The second-order valence-electron chi connectivity index (χ2n) is 8.65. The minimum atomic E-state index is -0.290. The molecule has 1 aliphatic rings. The van der Waals surface area contributed by atoms with Crippen molar-refractivity contribution in [2.75, 3.05) is 11.9 Å². The van der Waals surface area contributed by atoms with E-state index in [0.29, 0.717) is 18.0 Å². The lowest BCUT2D eigenvalue weighted by molar-refractivity contribution is -0.124. The summed E-state index contributed by atoms with van der Waals surface area (Å²) in [4.78, 5) is 25.3. The minimum absolute atomic E-state index is 0.0116. The summed E-state index contributed by atoms with van der Waals surface area (Å²) in [5.41, 5.74) is 2.34. The fourth-order valence-electron chi connectivity index (χ4n) is 4.04. The molecule has 1 aliphatic heterocycles. The van der Waals surface area contributed by atoms with Crippen LogP contribution >= 0.6 is 11.3 Å². The highest BCUT2D eigenvalue weighted by atomic mass is 32.1. The monoisotopic (exact) mass is 489 g/mol. The molecule has 3 aromatic rings. The van der Waals surface area contributed by atoms with E-state index in [9.17, 15) is 9.59 Å². The molecule has 1 saturated heterocycles. The number of benzene rings is 2. The van der Waals surface area contributed by atoms with Gasteiger partial charge in [0.25, 0.3) is 0 Å². The summed E-state index contributed by atoms with van der Waals surface area (Å²) in [6.07, 6.45) is 8.40. The number of anilines is 1. The van der Waals surface area contributed by atoms with Gasteiger partial charge in [0.05, 0.1) is 6.04 Å². The lowest BCUT2D eigenvalue weighted by atomic mass is 10.0. The lowest BCUT2D eigenvalue weighted by Crippen LogP contribution is -2.49. The first-order chi connectivity index (χ1) is 17.2. The van der Waals surface area contributed by atoms with Gasteiger partial charge in [0.1, 0.15) is 5.01 Å². The van der Waals surface area contributed by atoms with Crippen LogP contribution in [0.1, 0.15) is 41.8 Å². The van der Waals surface area contributed by atoms with Crippen molar-refractivity contribution in [1.82, 2.24) is 20.8 Å². The molecular formula is C27H31N5O2S. The second-order valence-corrected chi connectivity index (χ2v) is 9.72. The van der Waals surface area contributed by atoms with Crippen LogP contribution in [0, 0.1) is 0 Å². The molecule has 0 aliphatic carbocycles. The standard InChI is InChI=1S/C27H31N5O2S/c33-24(30-27-32-31-25(35-27)19-21-11-5-2-6-12-21)17-16-22(15-14-20-9-3-1-4-10-20)29-26(34)23-13-7-8-18-28-23/h1-6,9-12,16-17,22-23,28H,7-8,13-15,18-19H2,(H,29,34)(H,30,32,33)/t22-,23-/m0/s1. The van der Waals surface area contributed by atoms with E-state index < -0.39 is 0 Å². The SMILES string of the molecule is O=C(C=C[C@H](CCc1ccccc1)NC(=O)[C@@H]1CCCCN1)Nc1nnc(Cc2ccccc2)s1. The Bertz CT molecular complexity index is 1110. The van der Waals surface area contributed by atoms with Crippen LogP contribution in [0.15, 0.2) is 72.8 Å². The fraction of sp³-hybridized carbons (Fsp3) is 0.333. The summed E-state index contributed by atoms with van der Waals surface area (Å²) >= 11 is 1.36. The topological polar surface area (TPSA) is 96.0 Å². The molecule has 2 heterocycles. The van der Waals surface area contributed by atoms with Crippen LogP contribution in [-0.2, 0) is 22.4 Å². The van der Waals surface area contributed by atoms with Gasteiger partial charge < -0.3 is 10.6 Å². The van der Waals surface area contributed by atoms with Gasteiger partial charge in [-0.1, -0.05) is 84.5 Å². The Balaban J connectivity index is 1.34. The molecule has 4 rings (SSSR count). The highest BCUT2D eigenvalue weighted by Crippen LogP contribution is 2.18. The number of nitrogens with zero attached hydrogens (tertiary/aromatic N) is 2. The maximum Gasteiger partial charge on any atom is 0.249 e. The Kier molecular flexibility index (Phi) is 9.14. The Labute approximate surface area is 210 Å². The van der Waals surface area contributed by atoms with Crippen LogP contribution in [0.25, 0.3) is 0 Å². The third-order valence-electron chi connectivity index (χ3n) is 5.92. The molecule has 182 valence electrons. The van der Waals surface area contributed by atoms with E-state index in [4.69, 9.17) is 0 Å². The summed E-state index contributed by atoms with van der Waals surface area (Å²) in [5, 5.41) is 18.8. The summed E-state index contributed by atoms with van der Waals surface area (Å²) < 4.78 is 0. The lowest BCUT2D eigenvalue weighted by Gasteiger charge is -2.25. The molecule has 1 fully saturated rings. The minimum Gasteiger partial charge on any atom is -0.349 e. The highest BCUT2D eigenvalue weighted by molar-refractivity contribution is 7.15. The smallest absolute Gasteiger partial charge is 0.249 e.